The van der Waals surface area contributed by atoms with Gasteiger partial charge in [-0.25, -0.2) is 0 Å². The molecule has 0 saturated carbocycles. The van der Waals surface area contributed by atoms with Crippen molar-refractivity contribution in [2.75, 3.05) is 19.3 Å². The van der Waals surface area contributed by atoms with Gasteiger partial charge in [-0.15, -0.1) is 11.8 Å². The van der Waals surface area contributed by atoms with Crippen LogP contribution in [0.5, 0.6) is 0 Å². The highest BCUT2D eigenvalue weighted by atomic mass is 32.2. The minimum Gasteiger partial charge on any atom is -0.481 e. The van der Waals surface area contributed by atoms with Gasteiger partial charge in [0.1, 0.15) is 5.76 Å². The summed E-state index contributed by atoms with van der Waals surface area (Å²) in [6, 6.07) is 12.3. The zero-order valence-electron chi connectivity index (χ0n) is 13.1. The van der Waals surface area contributed by atoms with Crippen LogP contribution in [0.3, 0.4) is 0 Å². The number of thioether (sulfide) groups is 1. The van der Waals surface area contributed by atoms with E-state index in [2.05, 4.69) is 35.4 Å². The SMILES string of the molecule is CSc1ccc(C(c2ccco2)N2CCCC(C(=O)O)C2)cc1. The van der Waals surface area contributed by atoms with E-state index in [1.54, 1.807) is 18.0 Å². The van der Waals surface area contributed by atoms with E-state index in [-0.39, 0.29) is 12.0 Å². The number of carboxylic acid groups (broad SMARTS) is 1. The molecule has 0 aliphatic carbocycles. The van der Waals surface area contributed by atoms with Crippen LogP contribution in [0.15, 0.2) is 52.0 Å². The molecule has 2 unspecified atom stereocenters. The summed E-state index contributed by atoms with van der Waals surface area (Å²) in [5.41, 5.74) is 1.14. The van der Waals surface area contributed by atoms with Crippen LogP contribution in [0.25, 0.3) is 0 Å². The van der Waals surface area contributed by atoms with E-state index >= 15 is 0 Å². The number of nitrogens with zero attached hydrogens (tertiary/aromatic N) is 1. The molecule has 2 heterocycles. The summed E-state index contributed by atoms with van der Waals surface area (Å²) in [6.45, 7) is 1.45. The molecule has 3 rings (SSSR count). The second-order valence-electron chi connectivity index (χ2n) is 5.86. The fourth-order valence-electron chi connectivity index (χ4n) is 3.23. The third-order valence-corrected chi connectivity index (χ3v) is 5.15. The van der Waals surface area contributed by atoms with Crippen LogP contribution >= 0.6 is 11.8 Å². The van der Waals surface area contributed by atoms with Crippen molar-refractivity contribution in [1.29, 1.82) is 0 Å². The molecular formula is C18H21NO3S. The number of rotatable bonds is 5. The second-order valence-corrected chi connectivity index (χ2v) is 6.74. The second kappa shape index (κ2) is 7.23. The highest BCUT2D eigenvalue weighted by molar-refractivity contribution is 7.98. The van der Waals surface area contributed by atoms with Crippen LogP contribution < -0.4 is 0 Å². The van der Waals surface area contributed by atoms with Crippen molar-refractivity contribution in [2.45, 2.75) is 23.8 Å². The number of likely N-dealkylation sites (tertiary alicyclic amines) is 1. The first kappa shape index (κ1) is 16.1. The molecule has 1 N–H and O–H groups in total. The Bertz CT molecular complexity index is 639. The fraction of sp³-hybridized carbons (Fsp3) is 0.389. The molecule has 2 atom stereocenters. The maximum Gasteiger partial charge on any atom is 0.307 e. The minimum atomic E-state index is -0.703. The molecule has 1 fully saturated rings. The van der Waals surface area contributed by atoms with Crippen LogP contribution in [0.2, 0.25) is 0 Å². The molecule has 0 spiro atoms. The van der Waals surface area contributed by atoms with Crippen LogP contribution in [0, 0.1) is 5.92 Å². The summed E-state index contributed by atoms with van der Waals surface area (Å²) < 4.78 is 5.66. The Labute approximate surface area is 140 Å². The molecule has 4 nitrogen and oxygen atoms in total. The molecule has 1 aromatic heterocycles. The molecule has 0 radical (unpaired) electrons. The van der Waals surface area contributed by atoms with Gasteiger partial charge in [0.25, 0.3) is 0 Å². The Morgan fingerprint density at radius 3 is 2.74 bits per heavy atom. The van der Waals surface area contributed by atoms with Crippen LogP contribution in [0.1, 0.15) is 30.2 Å². The third kappa shape index (κ3) is 3.62. The average Bonchev–Trinajstić information content (AvgIpc) is 3.10. The lowest BCUT2D eigenvalue weighted by Crippen LogP contribution is -2.41. The maximum atomic E-state index is 11.4. The Hall–Kier alpha value is -1.72. The van der Waals surface area contributed by atoms with E-state index in [9.17, 15) is 9.90 Å². The van der Waals surface area contributed by atoms with Crippen molar-refractivity contribution >= 4 is 17.7 Å². The summed E-state index contributed by atoms with van der Waals surface area (Å²) in [4.78, 5) is 14.8. The minimum absolute atomic E-state index is 0.0249. The smallest absolute Gasteiger partial charge is 0.307 e. The lowest BCUT2D eigenvalue weighted by Gasteiger charge is -2.36. The number of furan rings is 1. The predicted octanol–water partition coefficient (Wildman–Crippen LogP) is 3.89. The normalized spacial score (nSPS) is 20.3. The van der Waals surface area contributed by atoms with Gasteiger partial charge in [0.15, 0.2) is 0 Å². The molecule has 0 bridgehead atoms. The van der Waals surface area contributed by atoms with E-state index in [1.807, 2.05) is 12.1 Å². The first-order valence-corrected chi connectivity index (χ1v) is 9.05. The first-order valence-electron chi connectivity index (χ1n) is 7.83. The van der Waals surface area contributed by atoms with Gasteiger partial charge in [-0.3, -0.25) is 9.69 Å². The summed E-state index contributed by atoms with van der Waals surface area (Å²) in [7, 11) is 0. The summed E-state index contributed by atoms with van der Waals surface area (Å²) >= 11 is 1.71. The van der Waals surface area contributed by atoms with Crippen molar-refractivity contribution in [3.63, 3.8) is 0 Å². The maximum absolute atomic E-state index is 11.4. The van der Waals surface area contributed by atoms with Crippen LogP contribution in [0.4, 0.5) is 0 Å². The van der Waals surface area contributed by atoms with E-state index in [0.717, 1.165) is 30.7 Å². The van der Waals surface area contributed by atoms with Gasteiger partial charge >= 0.3 is 5.97 Å². The molecule has 122 valence electrons. The highest BCUT2D eigenvalue weighted by Crippen LogP contribution is 2.33. The molecule has 1 aromatic carbocycles. The predicted molar refractivity (Wildman–Crippen MR) is 90.7 cm³/mol. The quantitative estimate of drug-likeness (QED) is 0.843. The number of aliphatic carboxylic acids is 1. The molecule has 1 saturated heterocycles. The summed E-state index contributed by atoms with van der Waals surface area (Å²) in [6.07, 6.45) is 5.39. The fourth-order valence-corrected chi connectivity index (χ4v) is 3.64. The topological polar surface area (TPSA) is 53.7 Å². The molecule has 0 amide bonds. The van der Waals surface area contributed by atoms with Gasteiger partial charge < -0.3 is 9.52 Å². The van der Waals surface area contributed by atoms with Gasteiger partial charge in [0.2, 0.25) is 0 Å². The standard InChI is InChI=1S/C18H21NO3S/c1-23-15-8-6-13(7-9-15)17(16-5-3-11-22-16)19-10-2-4-14(12-19)18(20)21/h3,5-9,11,14,17H,2,4,10,12H2,1H3,(H,20,21). The Morgan fingerprint density at radius 2 is 2.13 bits per heavy atom. The third-order valence-electron chi connectivity index (χ3n) is 4.41. The molecule has 2 aromatic rings. The average molecular weight is 331 g/mol. The zero-order valence-corrected chi connectivity index (χ0v) is 14.0. The van der Waals surface area contributed by atoms with Crippen molar-refractivity contribution in [3.8, 4) is 0 Å². The van der Waals surface area contributed by atoms with Crippen molar-refractivity contribution < 1.29 is 14.3 Å². The van der Waals surface area contributed by atoms with Gasteiger partial charge in [-0.05, 0) is 55.5 Å². The highest BCUT2D eigenvalue weighted by Gasteiger charge is 2.32. The number of hydrogen-bond acceptors (Lipinski definition) is 4. The Balaban J connectivity index is 1.90. The van der Waals surface area contributed by atoms with E-state index in [4.69, 9.17) is 4.42 Å². The lowest BCUT2D eigenvalue weighted by molar-refractivity contribution is -0.143. The molecule has 1 aliphatic heterocycles. The van der Waals surface area contributed by atoms with Gasteiger partial charge in [0, 0.05) is 11.4 Å². The Kier molecular flexibility index (Phi) is 5.08. The number of carbonyl (C=O) groups is 1. The molecule has 5 heteroatoms. The van der Waals surface area contributed by atoms with Crippen LogP contribution in [-0.4, -0.2) is 35.3 Å². The monoisotopic (exact) mass is 331 g/mol. The van der Waals surface area contributed by atoms with E-state index < -0.39 is 5.97 Å². The first-order chi connectivity index (χ1) is 11.2. The number of piperidine rings is 1. The van der Waals surface area contributed by atoms with Gasteiger partial charge in [0.05, 0.1) is 18.2 Å². The lowest BCUT2D eigenvalue weighted by atomic mass is 9.94. The number of carboxylic acids is 1. The van der Waals surface area contributed by atoms with Crippen molar-refractivity contribution in [3.05, 3.63) is 54.0 Å². The van der Waals surface area contributed by atoms with E-state index in [1.165, 1.54) is 4.90 Å². The largest absolute Gasteiger partial charge is 0.481 e. The molecular weight excluding hydrogens is 310 g/mol. The Morgan fingerprint density at radius 1 is 1.35 bits per heavy atom. The number of hydrogen-bond donors (Lipinski definition) is 1. The zero-order chi connectivity index (χ0) is 16.2. The molecule has 23 heavy (non-hydrogen) atoms. The van der Waals surface area contributed by atoms with Crippen LogP contribution in [-0.2, 0) is 4.79 Å². The van der Waals surface area contributed by atoms with Gasteiger partial charge in [-0.2, -0.15) is 0 Å². The molecule has 1 aliphatic rings. The summed E-state index contributed by atoms with van der Waals surface area (Å²) in [5.74, 6) is -0.134. The summed E-state index contributed by atoms with van der Waals surface area (Å²) in [5, 5.41) is 9.35. The van der Waals surface area contributed by atoms with E-state index in [0.29, 0.717) is 6.54 Å². The van der Waals surface area contributed by atoms with Crippen molar-refractivity contribution in [1.82, 2.24) is 4.90 Å². The van der Waals surface area contributed by atoms with Gasteiger partial charge in [-0.1, -0.05) is 12.1 Å². The van der Waals surface area contributed by atoms with Crippen molar-refractivity contribution in [2.24, 2.45) is 5.92 Å². The number of benzene rings is 1.